The van der Waals surface area contributed by atoms with E-state index in [4.69, 9.17) is 16.2 Å². The third-order valence-electron chi connectivity index (χ3n) is 5.18. The minimum Gasteiger partial charge on any atom is -0.490 e. The van der Waals surface area contributed by atoms with Crippen LogP contribution in [0.4, 0.5) is 13.2 Å². The second kappa shape index (κ2) is 9.99. The molecule has 1 aliphatic rings. The molecule has 0 radical (unpaired) electrons. The van der Waals surface area contributed by atoms with Crippen LogP contribution < -0.4 is 21.5 Å². The van der Waals surface area contributed by atoms with E-state index in [1.807, 2.05) is 6.08 Å². The predicted molar refractivity (Wildman–Crippen MR) is 114 cm³/mol. The maximum atomic E-state index is 12.7. The molecule has 0 fully saturated rings. The molecule has 33 heavy (non-hydrogen) atoms. The predicted octanol–water partition coefficient (Wildman–Crippen LogP) is 2.57. The van der Waals surface area contributed by atoms with Crippen LogP contribution in [0.2, 0.25) is 0 Å². The number of hydrogen-bond donors (Lipinski definition) is 3. The van der Waals surface area contributed by atoms with Gasteiger partial charge in [0.15, 0.2) is 5.82 Å². The first-order chi connectivity index (χ1) is 15.5. The van der Waals surface area contributed by atoms with Gasteiger partial charge in [-0.25, -0.2) is 9.97 Å². The summed E-state index contributed by atoms with van der Waals surface area (Å²) < 4.78 is 43.9. The number of hydrogen-bond acceptors (Lipinski definition) is 6. The summed E-state index contributed by atoms with van der Waals surface area (Å²) >= 11 is 0. The fourth-order valence-corrected chi connectivity index (χ4v) is 3.25. The number of ether oxygens (including phenoxy) is 1. The topological polar surface area (TPSA) is 133 Å². The Hall–Kier alpha value is -3.47. The number of carbonyl (C=O) groups excluding carboxylic acids is 2. The molecule has 1 aromatic carbocycles. The minimum absolute atomic E-state index is 0.0487. The average Bonchev–Trinajstić information content (AvgIpc) is 2.77. The Balaban J connectivity index is 1.70. The van der Waals surface area contributed by atoms with Crippen molar-refractivity contribution in [3.05, 3.63) is 59.2 Å². The molecule has 3 rings (SSSR count). The summed E-state index contributed by atoms with van der Waals surface area (Å²) in [6.45, 7) is 1.80. The summed E-state index contributed by atoms with van der Waals surface area (Å²) in [6, 6.07) is 5.43. The first kappa shape index (κ1) is 24.2. The van der Waals surface area contributed by atoms with E-state index in [1.165, 1.54) is 18.2 Å². The first-order valence-corrected chi connectivity index (χ1v) is 10.3. The lowest BCUT2D eigenvalue weighted by Gasteiger charge is -2.23. The quantitative estimate of drug-likeness (QED) is 0.551. The van der Waals surface area contributed by atoms with Gasteiger partial charge in [-0.05, 0) is 55.7 Å². The largest absolute Gasteiger partial charge is 0.490 e. The molecule has 2 aromatic rings. The van der Waals surface area contributed by atoms with Crippen LogP contribution in [-0.2, 0) is 17.5 Å². The highest BCUT2D eigenvalue weighted by Gasteiger charge is 2.30. The number of rotatable bonds is 8. The number of nitrogens with one attached hydrogen (secondary N) is 1. The Morgan fingerprint density at radius 1 is 1.21 bits per heavy atom. The highest BCUT2D eigenvalue weighted by Crippen LogP contribution is 2.32. The second-order valence-electron chi connectivity index (χ2n) is 7.70. The van der Waals surface area contributed by atoms with Gasteiger partial charge in [-0.3, -0.25) is 9.59 Å². The zero-order chi connectivity index (χ0) is 24.2. The molecule has 2 amide bonds. The van der Waals surface area contributed by atoms with Gasteiger partial charge in [-0.15, -0.1) is 0 Å². The van der Waals surface area contributed by atoms with Crippen LogP contribution in [0.15, 0.2) is 36.4 Å². The maximum absolute atomic E-state index is 12.7. The smallest absolute Gasteiger partial charge is 0.416 e. The number of halogens is 3. The molecule has 8 nitrogen and oxygen atoms in total. The number of primary amides is 2. The van der Waals surface area contributed by atoms with Crippen LogP contribution in [0.1, 0.15) is 53.8 Å². The van der Waals surface area contributed by atoms with Crippen molar-refractivity contribution in [3.8, 4) is 5.75 Å². The number of alkyl halides is 3. The van der Waals surface area contributed by atoms with Gasteiger partial charge < -0.3 is 21.5 Å². The van der Waals surface area contributed by atoms with Crippen molar-refractivity contribution in [2.45, 2.75) is 51.1 Å². The number of allylic oxidation sites excluding steroid dienone is 1. The van der Waals surface area contributed by atoms with Crippen molar-refractivity contribution >= 4 is 17.4 Å². The molecule has 0 aliphatic heterocycles. The van der Waals surface area contributed by atoms with Gasteiger partial charge in [0, 0.05) is 13.0 Å². The molecule has 5 N–H and O–H groups in total. The van der Waals surface area contributed by atoms with E-state index >= 15 is 0 Å². The third-order valence-corrected chi connectivity index (χ3v) is 5.18. The Morgan fingerprint density at radius 2 is 1.91 bits per heavy atom. The summed E-state index contributed by atoms with van der Waals surface area (Å²) in [7, 11) is 0. The van der Waals surface area contributed by atoms with Crippen LogP contribution in [-0.4, -0.2) is 33.9 Å². The van der Waals surface area contributed by atoms with Gasteiger partial charge in [0.05, 0.1) is 17.3 Å². The van der Waals surface area contributed by atoms with Crippen LogP contribution in [0, 0.1) is 0 Å². The van der Waals surface area contributed by atoms with E-state index < -0.39 is 29.6 Å². The summed E-state index contributed by atoms with van der Waals surface area (Å²) in [4.78, 5) is 31.6. The summed E-state index contributed by atoms with van der Waals surface area (Å²) in [5.41, 5.74) is 11.2. The molecule has 2 atom stereocenters. The summed E-state index contributed by atoms with van der Waals surface area (Å²) in [5, 5.41) is 2.92. The SMILES string of the molecule is CC(NCc1cc(C(N)=O)nc(C2=CCC(Oc3ccc(C(F)(F)F)cc3)CC2)n1)C(N)=O. The highest BCUT2D eigenvalue weighted by atomic mass is 19.4. The van der Waals surface area contributed by atoms with Crippen LogP contribution in [0.25, 0.3) is 5.57 Å². The monoisotopic (exact) mass is 463 g/mol. The van der Waals surface area contributed by atoms with E-state index in [0.717, 1.165) is 17.7 Å². The summed E-state index contributed by atoms with van der Waals surface area (Å²) in [6.07, 6.45) is -1.12. The van der Waals surface area contributed by atoms with Gasteiger partial charge in [-0.1, -0.05) is 6.08 Å². The highest BCUT2D eigenvalue weighted by molar-refractivity contribution is 5.91. The first-order valence-electron chi connectivity index (χ1n) is 10.3. The third kappa shape index (κ3) is 6.51. The summed E-state index contributed by atoms with van der Waals surface area (Å²) in [5.74, 6) is -0.521. The minimum atomic E-state index is -4.40. The zero-order valence-electron chi connectivity index (χ0n) is 17.9. The van der Waals surface area contributed by atoms with E-state index in [2.05, 4.69) is 15.3 Å². The molecule has 176 valence electrons. The van der Waals surface area contributed by atoms with Gasteiger partial charge in [0.2, 0.25) is 5.91 Å². The van der Waals surface area contributed by atoms with E-state index in [9.17, 15) is 22.8 Å². The lowest BCUT2D eigenvalue weighted by atomic mass is 9.96. The standard InChI is InChI=1S/C22H24F3N5O3/c1-12(19(26)31)28-11-15-10-18(20(27)32)30-21(29-15)13-2-6-16(7-3-13)33-17-8-4-14(5-9-17)22(23,24)25/h2,4-5,8-10,12,16,28H,3,6-7,11H2,1H3,(H2,26,31)(H2,27,32). The zero-order valence-corrected chi connectivity index (χ0v) is 17.9. The van der Waals surface area contributed by atoms with Crippen molar-refractivity contribution in [3.63, 3.8) is 0 Å². The van der Waals surface area contributed by atoms with Crippen molar-refractivity contribution in [2.75, 3.05) is 0 Å². The lowest BCUT2D eigenvalue weighted by molar-refractivity contribution is -0.137. The Kier molecular flexibility index (Phi) is 7.32. The normalized spacial score (nSPS) is 17.2. The van der Waals surface area contributed by atoms with Crippen molar-refractivity contribution < 1.29 is 27.5 Å². The molecule has 0 saturated carbocycles. The fourth-order valence-electron chi connectivity index (χ4n) is 3.25. The molecule has 1 heterocycles. The van der Waals surface area contributed by atoms with E-state index in [1.54, 1.807) is 6.92 Å². The second-order valence-corrected chi connectivity index (χ2v) is 7.70. The van der Waals surface area contributed by atoms with Crippen LogP contribution >= 0.6 is 0 Å². The maximum Gasteiger partial charge on any atom is 0.416 e. The van der Waals surface area contributed by atoms with Crippen LogP contribution in [0.5, 0.6) is 5.75 Å². The van der Waals surface area contributed by atoms with Gasteiger partial charge in [0.1, 0.15) is 17.5 Å². The van der Waals surface area contributed by atoms with E-state index in [-0.39, 0.29) is 18.3 Å². The number of aromatic nitrogens is 2. The van der Waals surface area contributed by atoms with Gasteiger partial charge in [-0.2, -0.15) is 13.2 Å². The average molecular weight is 463 g/mol. The molecule has 0 spiro atoms. The van der Waals surface area contributed by atoms with Crippen molar-refractivity contribution in [1.29, 1.82) is 0 Å². The molecule has 0 saturated heterocycles. The molecular weight excluding hydrogens is 439 g/mol. The molecule has 11 heteroatoms. The number of nitrogens with zero attached hydrogens (tertiary/aromatic N) is 2. The molecule has 1 aromatic heterocycles. The van der Waals surface area contributed by atoms with Crippen LogP contribution in [0.3, 0.4) is 0 Å². The molecule has 2 unspecified atom stereocenters. The fraction of sp³-hybridized carbons (Fsp3) is 0.364. The van der Waals surface area contributed by atoms with Crippen molar-refractivity contribution in [1.82, 2.24) is 15.3 Å². The van der Waals surface area contributed by atoms with Gasteiger partial charge in [0.25, 0.3) is 5.91 Å². The number of carbonyl (C=O) groups is 2. The molecule has 0 bridgehead atoms. The van der Waals surface area contributed by atoms with Gasteiger partial charge >= 0.3 is 6.18 Å². The molecule has 1 aliphatic carbocycles. The Labute approximate surface area is 188 Å². The number of amides is 2. The Bertz CT molecular complexity index is 1050. The number of nitrogens with two attached hydrogens (primary N) is 2. The number of benzene rings is 1. The van der Waals surface area contributed by atoms with Crippen molar-refractivity contribution in [2.24, 2.45) is 11.5 Å². The molecular formula is C22H24F3N5O3. The van der Waals surface area contributed by atoms with E-state index in [0.29, 0.717) is 36.5 Å². The Morgan fingerprint density at radius 3 is 2.45 bits per heavy atom. The lowest BCUT2D eigenvalue weighted by Crippen LogP contribution is -2.38.